The Morgan fingerprint density at radius 2 is 1.82 bits per heavy atom. The zero-order chi connectivity index (χ0) is 13.0. The van der Waals surface area contributed by atoms with Crippen LogP contribution in [0, 0.1) is 18.8 Å². The first kappa shape index (κ1) is 13.7. The summed E-state index contributed by atoms with van der Waals surface area (Å²) in [6.07, 6.45) is 0. The second-order valence-corrected chi connectivity index (χ2v) is 4.77. The lowest BCUT2D eigenvalue weighted by Crippen LogP contribution is -2.37. The van der Waals surface area contributed by atoms with Gasteiger partial charge in [0.15, 0.2) is 0 Å². The summed E-state index contributed by atoms with van der Waals surface area (Å²) in [5.74, 6) is -0.229. The molecule has 1 N–H and O–H groups in total. The number of carbonyl (C=O) groups excluding carboxylic acids is 1. The minimum atomic E-state index is -0.332. The molecule has 1 rings (SSSR count). The number of benzene rings is 1. The second kappa shape index (κ2) is 5.82. The standard InChI is InChI=1S/C14H21NO2/c1-10(2)13(9-16)14(17)15(4)12-7-5-11(3)6-8-12/h5-8,10,13,16H,9H2,1-4H3. The van der Waals surface area contributed by atoms with Crippen molar-refractivity contribution in [2.75, 3.05) is 18.6 Å². The molecule has 1 aromatic rings. The predicted molar refractivity (Wildman–Crippen MR) is 70.0 cm³/mol. The van der Waals surface area contributed by atoms with Crippen LogP contribution in [0.3, 0.4) is 0 Å². The lowest BCUT2D eigenvalue weighted by Gasteiger charge is -2.25. The topological polar surface area (TPSA) is 40.5 Å². The molecule has 0 bridgehead atoms. The Balaban J connectivity index is 2.85. The second-order valence-electron chi connectivity index (χ2n) is 4.77. The van der Waals surface area contributed by atoms with E-state index in [4.69, 9.17) is 0 Å². The maximum absolute atomic E-state index is 12.2. The smallest absolute Gasteiger partial charge is 0.232 e. The summed E-state index contributed by atoms with van der Waals surface area (Å²) in [4.78, 5) is 13.8. The number of rotatable bonds is 4. The molecule has 0 heterocycles. The van der Waals surface area contributed by atoms with Crippen LogP contribution in [-0.2, 0) is 4.79 Å². The van der Waals surface area contributed by atoms with Crippen LogP contribution in [0.5, 0.6) is 0 Å². The van der Waals surface area contributed by atoms with Crippen LogP contribution in [0.15, 0.2) is 24.3 Å². The van der Waals surface area contributed by atoms with E-state index in [0.717, 1.165) is 11.3 Å². The quantitative estimate of drug-likeness (QED) is 0.869. The van der Waals surface area contributed by atoms with Crippen molar-refractivity contribution in [3.8, 4) is 0 Å². The molecule has 0 aliphatic rings. The molecule has 0 spiro atoms. The Morgan fingerprint density at radius 3 is 2.24 bits per heavy atom. The van der Waals surface area contributed by atoms with Gasteiger partial charge in [0.25, 0.3) is 0 Å². The average molecular weight is 235 g/mol. The molecule has 1 unspecified atom stereocenters. The maximum atomic E-state index is 12.2. The molecule has 1 aromatic carbocycles. The molecule has 0 radical (unpaired) electrons. The van der Waals surface area contributed by atoms with E-state index in [1.54, 1.807) is 11.9 Å². The molecule has 94 valence electrons. The molecule has 0 saturated carbocycles. The van der Waals surface area contributed by atoms with Crippen molar-refractivity contribution in [3.63, 3.8) is 0 Å². The highest BCUT2D eigenvalue weighted by Crippen LogP contribution is 2.19. The Morgan fingerprint density at radius 1 is 1.29 bits per heavy atom. The molecule has 0 saturated heterocycles. The average Bonchev–Trinajstić information content (AvgIpc) is 2.29. The van der Waals surface area contributed by atoms with Crippen LogP contribution in [0.1, 0.15) is 19.4 Å². The Labute approximate surface area is 103 Å². The fourth-order valence-electron chi connectivity index (χ4n) is 1.72. The number of nitrogens with zero attached hydrogens (tertiary/aromatic N) is 1. The van der Waals surface area contributed by atoms with Gasteiger partial charge < -0.3 is 10.0 Å². The van der Waals surface area contributed by atoms with Gasteiger partial charge in [-0.2, -0.15) is 0 Å². The van der Waals surface area contributed by atoms with E-state index in [1.165, 1.54) is 0 Å². The molecule has 3 nitrogen and oxygen atoms in total. The Kier molecular flexibility index (Phi) is 4.70. The first-order chi connectivity index (χ1) is 7.97. The molecule has 1 atom stereocenters. The van der Waals surface area contributed by atoms with Crippen LogP contribution in [-0.4, -0.2) is 24.7 Å². The fourth-order valence-corrected chi connectivity index (χ4v) is 1.72. The summed E-state index contributed by atoms with van der Waals surface area (Å²) in [6.45, 7) is 5.80. The van der Waals surface area contributed by atoms with E-state index in [2.05, 4.69) is 0 Å². The molecule has 3 heteroatoms. The number of hydrogen-bond acceptors (Lipinski definition) is 2. The van der Waals surface area contributed by atoms with Gasteiger partial charge in [0.2, 0.25) is 5.91 Å². The third kappa shape index (κ3) is 3.30. The Hall–Kier alpha value is -1.35. The third-order valence-corrected chi connectivity index (χ3v) is 3.07. The minimum Gasteiger partial charge on any atom is -0.396 e. The molecule has 0 aromatic heterocycles. The minimum absolute atomic E-state index is 0.0358. The molecule has 0 aliphatic carbocycles. The number of anilines is 1. The van der Waals surface area contributed by atoms with Crippen molar-refractivity contribution in [1.82, 2.24) is 0 Å². The van der Waals surface area contributed by atoms with Gasteiger partial charge in [-0.1, -0.05) is 31.5 Å². The summed E-state index contributed by atoms with van der Waals surface area (Å²) >= 11 is 0. The van der Waals surface area contributed by atoms with Gasteiger partial charge in [-0.15, -0.1) is 0 Å². The van der Waals surface area contributed by atoms with Crippen molar-refractivity contribution < 1.29 is 9.90 Å². The molecule has 17 heavy (non-hydrogen) atoms. The molecule has 0 fully saturated rings. The lowest BCUT2D eigenvalue weighted by atomic mass is 9.95. The monoisotopic (exact) mass is 235 g/mol. The highest BCUT2D eigenvalue weighted by molar-refractivity contribution is 5.94. The van der Waals surface area contributed by atoms with Gasteiger partial charge in [0.1, 0.15) is 0 Å². The molecule has 1 amide bonds. The van der Waals surface area contributed by atoms with E-state index in [0.29, 0.717) is 0 Å². The zero-order valence-corrected chi connectivity index (χ0v) is 11.0. The van der Waals surface area contributed by atoms with Gasteiger partial charge in [0, 0.05) is 12.7 Å². The summed E-state index contributed by atoms with van der Waals surface area (Å²) in [6, 6.07) is 7.79. The van der Waals surface area contributed by atoms with E-state index in [1.807, 2.05) is 45.0 Å². The number of hydrogen-bond donors (Lipinski definition) is 1. The van der Waals surface area contributed by atoms with Crippen LogP contribution < -0.4 is 4.90 Å². The van der Waals surface area contributed by atoms with Crippen molar-refractivity contribution in [2.45, 2.75) is 20.8 Å². The van der Waals surface area contributed by atoms with Gasteiger partial charge in [-0.05, 0) is 25.0 Å². The van der Waals surface area contributed by atoms with E-state index >= 15 is 0 Å². The van der Waals surface area contributed by atoms with Crippen molar-refractivity contribution in [1.29, 1.82) is 0 Å². The van der Waals surface area contributed by atoms with Crippen LogP contribution in [0.2, 0.25) is 0 Å². The van der Waals surface area contributed by atoms with Gasteiger partial charge in [0.05, 0.1) is 12.5 Å². The zero-order valence-electron chi connectivity index (χ0n) is 11.0. The molecule has 0 aliphatic heterocycles. The highest BCUT2D eigenvalue weighted by atomic mass is 16.3. The number of aliphatic hydroxyl groups is 1. The predicted octanol–water partition coefficient (Wildman–Crippen LogP) is 2.22. The van der Waals surface area contributed by atoms with Crippen molar-refractivity contribution in [2.24, 2.45) is 11.8 Å². The van der Waals surface area contributed by atoms with Gasteiger partial charge in [-0.25, -0.2) is 0 Å². The molecular formula is C14H21NO2. The maximum Gasteiger partial charge on any atom is 0.232 e. The van der Waals surface area contributed by atoms with E-state index < -0.39 is 0 Å². The molecular weight excluding hydrogens is 214 g/mol. The van der Waals surface area contributed by atoms with Gasteiger partial charge >= 0.3 is 0 Å². The third-order valence-electron chi connectivity index (χ3n) is 3.07. The highest BCUT2D eigenvalue weighted by Gasteiger charge is 2.25. The van der Waals surface area contributed by atoms with Gasteiger partial charge in [-0.3, -0.25) is 4.79 Å². The number of carbonyl (C=O) groups is 1. The number of amides is 1. The summed E-state index contributed by atoms with van der Waals surface area (Å²) in [7, 11) is 1.75. The van der Waals surface area contributed by atoms with Crippen LogP contribution >= 0.6 is 0 Å². The van der Waals surface area contributed by atoms with Crippen molar-refractivity contribution >= 4 is 11.6 Å². The van der Waals surface area contributed by atoms with Crippen molar-refractivity contribution in [3.05, 3.63) is 29.8 Å². The number of aliphatic hydroxyl groups excluding tert-OH is 1. The van der Waals surface area contributed by atoms with E-state index in [-0.39, 0.29) is 24.3 Å². The normalized spacial score (nSPS) is 12.6. The lowest BCUT2D eigenvalue weighted by molar-refractivity contribution is -0.124. The SMILES string of the molecule is Cc1ccc(N(C)C(=O)C(CO)C(C)C)cc1. The first-order valence-corrected chi connectivity index (χ1v) is 5.92. The van der Waals surface area contributed by atoms with Crippen LogP contribution in [0.25, 0.3) is 0 Å². The summed E-state index contributed by atoms with van der Waals surface area (Å²) < 4.78 is 0. The number of aryl methyl sites for hydroxylation is 1. The largest absolute Gasteiger partial charge is 0.396 e. The first-order valence-electron chi connectivity index (χ1n) is 5.92. The van der Waals surface area contributed by atoms with Crippen LogP contribution in [0.4, 0.5) is 5.69 Å². The Bertz CT molecular complexity index is 370. The summed E-state index contributed by atoms with van der Waals surface area (Å²) in [5.41, 5.74) is 2.02. The summed E-state index contributed by atoms with van der Waals surface area (Å²) in [5, 5.41) is 9.26. The van der Waals surface area contributed by atoms with E-state index in [9.17, 15) is 9.90 Å². The fraction of sp³-hybridized carbons (Fsp3) is 0.500.